The first kappa shape index (κ1) is 23.5. The zero-order valence-corrected chi connectivity index (χ0v) is 20.5. The Morgan fingerprint density at radius 3 is 2.03 bits per heavy atom. The van der Waals surface area contributed by atoms with Crippen LogP contribution in [0.3, 0.4) is 0 Å². The molecule has 0 aliphatic heterocycles. The van der Waals surface area contributed by atoms with Crippen LogP contribution in [0, 0.1) is 11.8 Å². The molecule has 0 bridgehead atoms. The van der Waals surface area contributed by atoms with Crippen molar-refractivity contribution in [2.24, 2.45) is 11.8 Å². The lowest BCUT2D eigenvalue weighted by Crippen LogP contribution is -2.03. The maximum atomic E-state index is 13.1. The van der Waals surface area contributed by atoms with Crippen LogP contribution < -0.4 is 0 Å². The van der Waals surface area contributed by atoms with E-state index in [4.69, 9.17) is 0 Å². The molecule has 3 aromatic rings. The first-order valence-corrected chi connectivity index (χ1v) is 12.9. The number of unbranched alkanes of at least 4 members (excludes halogenated alkanes) is 2. The molecular weight excluding hydrogens is 400 g/mol. The second-order valence-corrected chi connectivity index (χ2v) is 10.0. The first-order valence-electron chi connectivity index (χ1n) is 12.9. The van der Waals surface area contributed by atoms with Crippen molar-refractivity contribution in [3.63, 3.8) is 0 Å². The summed E-state index contributed by atoms with van der Waals surface area (Å²) in [5.74, 6) is 1.54. The van der Waals surface area contributed by atoms with Gasteiger partial charge in [-0.25, -0.2) is 0 Å². The van der Waals surface area contributed by atoms with Gasteiger partial charge in [-0.2, -0.15) is 0 Å². The van der Waals surface area contributed by atoms with E-state index in [1.807, 2.05) is 12.1 Å². The van der Waals surface area contributed by atoms with E-state index in [1.165, 1.54) is 53.5 Å². The second kappa shape index (κ2) is 11.0. The van der Waals surface area contributed by atoms with Crippen molar-refractivity contribution in [1.29, 1.82) is 0 Å². The van der Waals surface area contributed by atoms with E-state index in [2.05, 4.69) is 81.4 Å². The van der Waals surface area contributed by atoms with Gasteiger partial charge in [0.15, 0.2) is 5.78 Å². The van der Waals surface area contributed by atoms with Crippen molar-refractivity contribution < 1.29 is 4.79 Å². The monoisotopic (exact) mass is 438 g/mol. The predicted octanol–water partition coefficient (Wildman–Crippen LogP) is 8.66. The van der Waals surface area contributed by atoms with E-state index in [1.54, 1.807) is 0 Å². The van der Waals surface area contributed by atoms with Gasteiger partial charge >= 0.3 is 0 Å². The molecule has 0 heterocycles. The van der Waals surface area contributed by atoms with Crippen molar-refractivity contribution in [2.75, 3.05) is 0 Å². The fourth-order valence-corrected chi connectivity index (χ4v) is 4.78. The first-order chi connectivity index (χ1) is 16.1. The Morgan fingerprint density at radius 2 is 1.42 bits per heavy atom. The average molecular weight is 439 g/mol. The van der Waals surface area contributed by atoms with E-state index >= 15 is 0 Å². The van der Waals surface area contributed by atoms with Crippen LogP contribution >= 0.6 is 0 Å². The molecule has 0 amide bonds. The standard InChI is InChI=1S/C32H38O/c1-4-6-7-8-24-9-13-26(14-10-24)27-17-19-29(20-18-27)32(33)31-22-30(31)28-15-11-25(12-16-28)21-23(3)5-2/h9-20,23,30-31H,4-8,21-22H2,1-3H3/t23?,30?,31-/m1/s1. The van der Waals surface area contributed by atoms with Crippen LogP contribution in [0.25, 0.3) is 11.1 Å². The molecule has 1 aliphatic carbocycles. The highest BCUT2D eigenvalue weighted by Gasteiger charge is 2.43. The maximum absolute atomic E-state index is 13.1. The fourth-order valence-electron chi connectivity index (χ4n) is 4.78. The lowest BCUT2D eigenvalue weighted by molar-refractivity contribution is 0.0965. The third-order valence-electron chi connectivity index (χ3n) is 7.34. The summed E-state index contributed by atoms with van der Waals surface area (Å²) in [5, 5.41) is 0. The summed E-state index contributed by atoms with van der Waals surface area (Å²) in [4.78, 5) is 13.1. The smallest absolute Gasteiger partial charge is 0.166 e. The molecule has 1 fully saturated rings. The van der Waals surface area contributed by atoms with Crippen LogP contribution in [0.4, 0.5) is 0 Å². The molecular formula is C32H38O. The lowest BCUT2D eigenvalue weighted by atomic mass is 9.96. The van der Waals surface area contributed by atoms with Gasteiger partial charge < -0.3 is 0 Å². The number of Topliss-reactive ketones (excluding diaryl/α,β-unsaturated/α-hetero) is 1. The minimum absolute atomic E-state index is 0.138. The van der Waals surface area contributed by atoms with Gasteiger partial charge in [-0.1, -0.05) is 113 Å². The molecule has 1 aliphatic rings. The van der Waals surface area contributed by atoms with Crippen LogP contribution in [-0.2, 0) is 12.8 Å². The van der Waals surface area contributed by atoms with Gasteiger partial charge in [-0.15, -0.1) is 0 Å². The Kier molecular flexibility index (Phi) is 7.81. The number of aryl methyl sites for hydroxylation is 1. The van der Waals surface area contributed by atoms with Crippen molar-refractivity contribution in [3.8, 4) is 11.1 Å². The van der Waals surface area contributed by atoms with Gasteiger partial charge in [-0.3, -0.25) is 4.79 Å². The number of hydrogen-bond donors (Lipinski definition) is 0. The van der Waals surface area contributed by atoms with E-state index in [0.29, 0.717) is 11.7 Å². The molecule has 0 radical (unpaired) electrons. The molecule has 2 unspecified atom stereocenters. The predicted molar refractivity (Wildman–Crippen MR) is 140 cm³/mol. The molecule has 0 N–H and O–H groups in total. The van der Waals surface area contributed by atoms with Crippen molar-refractivity contribution in [3.05, 3.63) is 95.1 Å². The molecule has 3 atom stereocenters. The van der Waals surface area contributed by atoms with E-state index < -0.39 is 0 Å². The highest BCUT2D eigenvalue weighted by Crippen LogP contribution is 2.49. The van der Waals surface area contributed by atoms with E-state index in [-0.39, 0.29) is 5.92 Å². The van der Waals surface area contributed by atoms with Crippen LogP contribution in [0.5, 0.6) is 0 Å². The Balaban J connectivity index is 1.34. The zero-order chi connectivity index (χ0) is 23.2. The largest absolute Gasteiger partial charge is 0.294 e. The maximum Gasteiger partial charge on any atom is 0.166 e. The lowest BCUT2D eigenvalue weighted by Gasteiger charge is -2.09. The fraction of sp³-hybridized carbons (Fsp3) is 0.406. The summed E-state index contributed by atoms with van der Waals surface area (Å²) < 4.78 is 0. The molecule has 1 saturated carbocycles. The number of benzene rings is 3. The topological polar surface area (TPSA) is 17.1 Å². The average Bonchev–Trinajstić information content (AvgIpc) is 3.66. The van der Waals surface area contributed by atoms with Crippen LogP contribution in [-0.4, -0.2) is 5.78 Å². The number of carbonyl (C=O) groups is 1. The van der Waals surface area contributed by atoms with Gasteiger partial charge in [0.25, 0.3) is 0 Å². The quantitative estimate of drug-likeness (QED) is 0.216. The molecule has 1 nitrogen and oxygen atoms in total. The Hall–Kier alpha value is -2.67. The minimum Gasteiger partial charge on any atom is -0.294 e. The molecule has 33 heavy (non-hydrogen) atoms. The van der Waals surface area contributed by atoms with Crippen molar-refractivity contribution in [1.82, 2.24) is 0 Å². The minimum atomic E-state index is 0.138. The number of hydrogen-bond acceptors (Lipinski definition) is 1. The third kappa shape index (κ3) is 6.02. The van der Waals surface area contributed by atoms with Gasteiger partial charge in [-0.05, 0) is 65.3 Å². The van der Waals surface area contributed by atoms with Crippen LogP contribution in [0.15, 0.2) is 72.8 Å². The summed E-state index contributed by atoms with van der Waals surface area (Å²) >= 11 is 0. The summed E-state index contributed by atoms with van der Waals surface area (Å²) in [6, 6.07) is 26.1. The van der Waals surface area contributed by atoms with Gasteiger partial charge in [0, 0.05) is 11.5 Å². The molecule has 1 heteroatoms. The normalized spacial score (nSPS) is 18.2. The third-order valence-corrected chi connectivity index (χ3v) is 7.34. The zero-order valence-electron chi connectivity index (χ0n) is 20.5. The van der Waals surface area contributed by atoms with Crippen molar-refractivity contribution >= 4 is 5.78 Å². The summed E-state index contributed by atoms with van der Waals surface area (Å²) in [6.45, 7) is 6.79. The second-order valence-electron chi connectivity index (χ2n) is 10.0. The number of ketones is 1. The van der Waals surface area contributed by atoms with Crippen LogP contribution in [0.1, 0.15) is 85.8 Å². The van der Waals surface area contributed by atoms with Crippen LogP contribution in [0.2, 0.25) is 0 Å². The number of carbonyl (C=O) groups excluding carboxylic acids is 1. The molecule has 3 aromatic carbocycles. The SMILES string of the molecule is CCCCCc1ccc(-c2ccc(C(=O)[C@@H]3CC3c3ccc(CC(C)CC)cc3)cc2)cc1. The summed E-state index contributed by atoms with van der Waals surface area (Å²) in [5.41, 5.74) is 7.37. The van der Waals surface area contributed by atoms with E-state index in [9.17, 15) is 4.79 Å². The Bertz CT molecular complexity index is 1030. The molecule has 0 aromatic heterocycles. The Morgan fingerprint density at radius 1 is 0.818 bits per heavy atom. The number of rotatable bonds is 11. The highest BCUT2D eigenvalue weighted by atomic mass is 16.1. The van der Waals surface area contributed by atoms with Crippen molar-refractivity contribution in [2.45, 2.75) is 71.6 Å². The molecule has 172 valence electrons. The summed E-state index contributed by atoms with van der Waals surface area (Å²) in [7, 11) is 0. The van der Waals surface area contributed by atoms with E-state index in [0.717, 1.165) is 30.7 Å². The summed E-state index contributed by atoms with van der Waals surface area (Å²) in [6.07, 6.45) is 8.30. The molecule has 4 rings (SSSR count). The highest BCUT2D eigenvalue weighted by molar-refractivity contribution is 6.00. The van der Waals surface area contributed by atoms with Gasteiger partial charge in [0.1, 0.15) is 0 Å². The molecule has 0 spiro atoms. The van der Waals surface area contributed by atoms with Gasteiger partial charge in [0.05, 0.1) is 0 Å². The molecule has 0 saturated heterocycles. The van der Waals surface area contributed by atoms with Gasteiger partial charge in [0.2, 0.25) is 0 Å². The Labute approximate surface area is 200 Å².